The van der Waals surface area contributed by atoms with E-state index in [1.54, 1.807) is 19.1 Å². The summed E-state index contributed by atoms with van der Waals surface area (Å²) >= 11 is 0. The lowest BCUT2D eigenvalue weighted by atomic mass is 10.1. The van der Waals surface area contributed by atoms with Crippen molar-refractivity contribution in [2.45, 2.75) is 20.3 Å². The van der Waals surface area contributed by atoms with Crippen LogP contribution >= 0.6 is 0 Å². The minimum absolute atomic E-state index is 0.201. The molecule has 0 unspecified atom stereocenters. The van der Waals surface area contributed by atoms with E-state index in [2.05, 4.69) is 22.7 Å². The summed E-state index contributed by atoms with van der Waals surface area (Å²) in [6.45, 7) is 4.68. The first kappa shape index (κ1) is 13.1. The Balaban J connectivity index is 2.14. The molecule has 0 saturated carbocycles. The van der Waals surface area contributed by atoms with Crippen molar-refractivity contribution in [3.05, 3.63) is 41.7 Å². The van der Waals surface area contributed by atoms with Gasteiger partial charge in [-0.05, 0) is 25.5 Å². The number of hydrogen-bond acceptors (Lipinski definition) is 4. The minimum Gasteiger partial charge on any atom is -0.384 e. The second-order valence-electron chi connectivity index (χ2n) is 4.25. The number of nitrogens with one attached hydrogen (secondary N) is 2. The van der Waals surface area contributed by atoms with E-state index in [0.29, 0.717) is 17.1 Å². The highest BCUT2D eigenvalue weighted by atomic mass is 16.5. The lowest BCUT2D eigenvalue weighted by Gasteiger charge is -2.10. The van der Waals surface area contributed by atoms with E-state index < -0.39 is 0 Å². The Labute approximate surface area is 112 Å². The van der Waals surface area contributed by atoms with Gasteiger partial charge < -0.3 is 15.2 Å². The number of aromatic nitrogens is 1. The van der Waals surface area contributed by atoms with Crippen molar-refractivity contribution in [1.82, 2.24) is 5.16 Å². The monoisotopic (exact) mass is 259 g/mol. The largest absolute Gasteiger partial charge is 0.384 e. The van der Waals surface area contributed by atoms with Crippen LogP contribution in [-0.2, 0) is 0 Å². The van der Waals surface area contributed by atoms with Crippen molar-refractivity contribution in [1.29, 1.82) is 0 Å². The third-order valence-corrected chi connectivity index (χ3v) is 2.61. The molecular weight excluding hydrogens is 242 g/mol. The van der Waals surface area contributed by atoms with E-state index in [9.17, 15) is 4.79 Å². The average molecular weight is 259 g/mol. The molecule has 2 aromatic rings. The highest BCUT2D eigenvalue weighted by molar-refractivity contribution is 6.07. The molecule has 5 heteroatoms. The standard InChI is InChI=1S/C14H17N3O2/c1-3-8-15-12-7-5-4-6-11(12)14(18)16-13-9-10(2)19-17-13/h4-7,9,15H,3,8H2,1-2H3,(H,16,17,18). The molecule has 0 aliphatic carbocycles. The van der Waals surface area contributed by atoms with E-state index >= 15 is 0 Å². The number of rotatable bonds is 5. The Morgan fingerprint density at radius 3 is 2.84 bits per heavy atom. The fourth-order valence-electron chi connectivity index (χ4n) is 1.70. The Kier molecular flexibility index (Phi) is 4.18. The summed E-state index contributed by atoms with van der Waals surface area (Å²) in [6.07, 6.45) is 0.998. The quantitative estimate of drug-likeness (QED) is 0.866. The highest BCUT2D eigenvalue weighted by Crippen LogP contribution is 2.17. The number of benzene rings is 1. The number of para-hydroxylation sites is 1. The van der Waals surface area contributed by atoms with Gasteiger partial charge in [-0.25, -0.2) is 0 Å². The molecule has 0 aliphatic rings. The van der Waals surface area contributed by atoms with Gasteiger partial charge in [-0.15, -0.1) is 0 Å². The lowest BCUT2D eigenvalue weighted by molar-refractivity contribution is 0.102. The SMILES string of the molecule is CCCNc1ccccc1C(=O)Nc1cc(C)on1. The maximum Gasteiger partial charge on any atom is 0.259 e. The second-order valence-corrected chi connectivity index (χ2v) is 4.25. The van der Waals surface area contributed by atoms with Gasteiger partial charge in [0.05, 0.1) is 5.56 Å². The number of anilines is 2. The van der Waals surface area contributed by atoms with Gasteiger partial charge in [0.15, 0.2) is 5.82 Å². The predicted octanol–water partition coefficient (Wildman–Crippen LogP) is 3.06. The normalized spacial score (nSPS) is 10.2. The molecule has 1 aromatic heterocycles. The molecule has 0 aliphatic heterocycles. The van der Waals surface area contributed by atoms with Crippen molar-refractivity contribution in [2.75, 3.05) is 17.2 Å². The Morgan fingerprint density at radius 1 is 1.37 bits per heavy atom. The lowest BCUT2D eigenvalue weighted by Crippen LogP contribution is -2.15. The first-order chi connectivity index (χ1) is 9.20. The maximum absolute atomic E-state index is 12.2. The number of carbonyl (C=O) groups excluding carboxylic acids is 1. The molecule has 5 nitrogen and oxygen atoms in total. The zero-order chi connectivity index (χ0) is 13.7. The number of hydrogen-bond donors (Lipinski definition) is 2. The van der Waals surface area contributed by atoms with Gasteiger partial charge in [-0.3, -0.25) is 4.79 Å². The van der Waals surface area contributed by atoms with Gasteiger partial charge in [-0.1, -0.05) is 24.2 Å². The predicted molar refractivity (Wildman–Crippen MR) is 74.4 cm³/mol. The maximum atomic E-state index is 12.2. The molecule has 0 atom stereocenters. The average Bonchev–Trinajstić information content (AvgIpc) is 2.82. The van der Waals surface area contributed by atoms with Crippen molar-refractivity contribution < 1.29 is 9.32 Å². The van der Waals surface area contributed by atoms with Crippen LogP contribution in [-0.4, -0.2) is 17.6 Å². The van der Waals surface area contributed by atoms with Gasteiger partial charge in [0.25, 0.3) is 5.91 Å². The zero-order valence-corrected chi connectivity index (χ0v) is 11.1. The van der Waals surface area contributed by atoms with E-state index in [1.165, 1.54) is 0 Å². The molecule has 1 amide bonds. The van der Waals surface area contributed by atoms with Crippen molar-refractivity contribution in [2.24, 2.45) is 0 Å². The highest BCUT2D eigenvalue weighted by Gasteiger charge is 2.12. The molecule has 0 spiro atoms. The summed E-state index contributed by atoms with van der Waals surface area (Å²) in [4.78, 5) is 12.2. The van der Waals surface area contributed by atoms with Crippen LogP contribution in [0.25, 0.3) is 0 Å². The molecule has 1 aromatic carbocycles. The molecule has 2 rings (SSSR count). The zero-order valence-electron chi connectivity index (χ0n) is 11.1. The van der Waals surface area contributed by atoms with Gasteiger partial charge in [0.1, 0.15) is 5.76 Å². The summed E-state index contributed by atoms with van der Waals surface area (Å²) in [5, 5.41) is 9.69. The topological polar surface area (TPSA) is 67.2 Å². The van der Waals surface area contributed by atoms with Crippen LogP contribution in [0.3, 0.4) is 0 Å². The summed E-state index contributed by atoms with van der Waals surface area (Å²) in [5.41, 5.74) is 1.42. The van der Waals surface area contributed by atoms with Crippen LogP contribution in [0.5, 0.6) is 0 Å². The summed E-state index contributed by atoms with van der Waals surface area (Å²) in [5.74, 6) is 0.882. The fraction of sp³-hybridized carbons (Fsp3) is 0.286. The Bertz CT molecular complexity index is 563. The van der Waals surface area contributed by atoms with Crippen LogP contribution in [0.2, 0.25) is 0 Å². The molecule has 0 fully saturated rings. The number of nitrogens with zero attached hydrogens (tertiary/aromatic N) is 1. The fourth-order valence-corrected chi connectivity index (χ4v) is 1.70. The number of carbonyl (C=O) groups is 1. The molecule has 19 heavy (non-hydrogen) atoms. The number of amides is 1. The molecule has 0 bridgehead atoms. The summed E-state index contributed by atoms with van der Waals surface area (Å²) in [6, 6.07) is 9.08. The van der Waals surface area contributed by atoms with E-state index in [4.69, 9.17) is 4.52 Å². The van der Waals surface area contributed by atoms with Crippen LogP contribution in [0, 0.1) is 6.92 Å². The minimum atomic E-state index is -0.201. The van der Waals surface area contributed by atoms with Crippen LogP contribution in [0.1, 0.15) is 29.5 Å². The molecule has 0 saturated heterocycles. The summed E-state index contributed by atoms with van der Waals surface area (Å²) < 4.78 is 4.92. The Morgan fingerprint density at radius 2 is 2.16 bits per heavy atom. The van der Waals surface area contributed by atoms with Gasteiger partial charge in [0, 0.05) is 18.3 Å². The van der Waals surface area contributed by atoms with E-state index in [-0.39, 0.29) is 5.91 Å². The van der Waals surface area contributed by atoms with Gasteiger partial charge in [-0.2, -0.15) is 0 Å². The van der Waals surface area contributed by atoms with Crippen LogP contribution in [0.15, 0.2) is 34.9 Å². The first-order valence-electron chi connectivity index (χ1n) is 6.28. The Hall–Kier alpha value is -2.30. The molecule has 100 valence electrons. The van der Waals surface area contributed by atoms with Gasteiger partial charge >= 0.3 is 0 Å². The van der Waals surface area contributed by atoms with Gasteiger partial charge in [0.2, 0.25) is 0 Å². The van der Waals surface area contributed by atoms with Crippen LogP contribution in [0.4, 0.5) is 11.5 Å². The second kappa shape index (κ2) is 6.04. The molecule has 2 N–H and O–H groups in total. The third kappa shape index (κ3) is 3.34. The van der Waals surface area contributed by atoms with Crippen molar-refractivity contribution in [3.8, 4) is 0 Å². The van der Waals surface area contributed by atoms with Crippen molar-refractivity contribution >= 4 is 17.4 Å². The smallest absolute Gasteiger partial charge is 0.259 e. The molecule has 1 heterocycles. The number of aryl methyl sites for hydroxylation is 1. The van der Waals surface area contributed by atoms with E-state index in [0.717, 1.165) is 18.7 Å². The van der Waals surface area contributed by atoms with Crippen LogP contribution < -0.4 is 10.6 Å². The first-order valence-corrected chi connectivity index (χ1v) is 6.28. The molecule has 0 radical (unpaired) electrons. The van der Waals surface area contributed by atoms with E-state index in [1.807, 2.05) is 18.2 Å². The molecular formula is C14H17N3O2. The van der Waals surface area contributed by atoms with Crippen molar-refractivity contribution in [3.63, 3.8) is 0 Å². The summed E-state index contributed by atoms with van der Waals surface area (Å²) in [7, 11) is 0. The third-order valence-electron chi connectivity index (χ3n) is 2.61.